The van der Waals surface area contributed by atoms with Gasteiger partial charge in [-0.2, -0.15) is 0 Å². The van der Waals surface area contributed by atoms with Gasteiger partial charge < -0.3 is 14.6 Å². The van der Waals surface area contributed by atoms with Gasteiger partial charge in [-0.1, -0.05) is 18.2 Å². The summed E-state index contributed by atoms with van der Waals surface area (Å²) < 4.78 is 10.8. The number of anilines is 1. The van der Waals surface area contributed by atoms with Gasteiger partial charge in [-0.05, 0) is 66.8 Å². The minimum atomic E-state index is -0.772. The molecule has 2 aromatic carbocycles. The first kappa shape index (κ1) is 23.8. The van der Waals surface area contributed by atoms with Crippen LogP contribution in [-0.4, -0.2) is 35.5 Å². The van der Waals surface area contributed by atoms with Crippen molar-refractivity contribution in [3.8, 4) is 5.75 Å². The van der Waals surface area contributed by atoms with Crippen LogP contribution in [0.2, 0.25) is 0 Å². The molecule has 1 atom stereocenters. The van der Waals surface area contributed by atoms with Gasteiger partial charge in [0.2, 0.25) is 0 Å². The SMILES string of the molecule is CC(C)OC(=O)Cc1ccc(N2C(=O)C(=O)/C(=C(\O)c3ccc4c(c3)CCO4)C2c2cccs2)cc1. The van der Waals surface area contributed by atoms with Gasteiger partial charge in [-0.3, -0.25) is 19.3 Å². The van der Waals surface area contributed by atoms with Crippen molar-refractivity contribution in [1.29, 1.82) is 0 Å². The molecule has 1 saturated heterocycles. The maximum absolute atomic E-state index is 13.3. The van der Waals surface area contributed by atoms with E-state index in [1.165, 1.54) is 16.2 Å². The summed E-state index contributed by atoms with van der Waals surface area (Å²) in [4.78, 5) is 40.7. The monoisotopic (exact) mass is 503 g/mol. The Labute approximate surface area is 212 Å². The van der Waals surface area contributed by atoms with Crippen LogP contribution < -0.4 is 9.64 Å². The Kier molecular flexibility index (Phi) is 6.36. The van der Waals surface area contributed by atoms with E-state index in [2.05, 4.69) is 0 Å². The molecule has 2 aliphatic heterocycles. The number of ketones is 1. The van der Waals surface area contributed by atoms with Crippen LogP contribution in [0.3, 0.4) is 0 Å². The average molecular weight is 504 g/mol. The Balaban J connectivity index is 1.53. The number of esters is 1. The molecule has 0 spiro atoms. The van der Waals surface area contributed by atoms with Gasteiger partial charge in [0, 0.05) is 22.5 Å². The minimum absolute atomic E-state index is 0.0471. The molecule has 36 heavy (non-hydrogen) atoms. The highest BCUT2D eigenvalue weighted by molar-refractivity contribution is 7.10. The van der Waals surface area contributed by atoms with Crippen LogP contribution in [0.1, 0.15) is 41.5 Å². The second kappa shape index (κ2) is 9.62. The molecule has 1 unspecified atom stereocenters. The molecule has 0 bridgehead atoms. The van der Waals surface area contributed by atoms with Crippen molar-refractivity contribution in [1.82, 2.24) is 0 Å². The van der Waals surface area contributed by atoms with E-state index in [1.54, 1.807) is 50.2 Å². The molecular weight excluding hydrogens is 478 g/mol. The summed E-state index contributed by atoms with van der Waals surface area (Å²) in [7, 11) is 0. The maximum Gasteiger partial charge on any atom is 0.310 e. The lowest BCUT2D eigenvalue weighted by atomic mass is 9.98. The van der Waals surface area contributed by atoms with E-state index in [1.807, 2.05) is 23.6 Å². The number of aliphatic hydroxyl groups excluding tert-OH is 1. The van der Waals surface area contributed by atoms with Crippen molar-refractivity contribution in [2.75, 3.05) is 11.5 Å². The fourth-order valence-corrected chi connectivity index (χ4v) is 5.37. The number of carbonyl (C=O) groups excluding carboxylic acids is 3. The summed E-state index contributed by atoms with van der Waals surface area (Å²) in [6.07, 6.45) is 0.622. The molecule has 2 aliphatic rings. The predicted octanol–water partition coefficient (Wildman–Crippen LogP) is 4.80. The number of rotatable bonds is 6. The predicted molar refractivity (Wildman–Crippen MR) is 136 cm³/mol. The summed E-state index contributed by atoms with van der Waals surface area (Å²) in [5, 5.41) is 13.1. The standard InChI is InChI=1S/C28H25NO6S/c1-16(2)35-23(30)14-17-5-8-20(9-6-17)29-25(22-4-3-13-36-22)24(27(32)28(29)33)26(31)19-7-10-21-18(15-19)11-12-34-21/h3-10,13,15-16,25,31H,11-12,14H2,1-2H3/b26-24-. The van der Waals surface area contributed by atoms with Crippen molar-refractivity contribution in [3.63, 3.8) is 0 Å². The van der Waals surface area contributed by atoms with Crippen LogP contribution in [0, 0.1) is 0 Å². The van der Waals surface area contributed by atoms with E-state index in [0.717, 1.165) is 28.2 Å². The number of carbonyl (C=O) groups is 3. The summed E-state index contributed by atoms with van der Waals surface area (Å²) in [5.74, 6) is -1.24. The molecule has 7 nitrogen and oxygen atoms in total. The average Bonchev–Trinajstić information content (AvgIpc) is 3.59. The van der Waals surface area contributed by atoms with Gasteiger partial charge in [0.1, 0.15) is 17.6 Å². The topological polar surface area (TPSA) is 93.1 Å². The zero-order chi connectivity index (χ0) is 25.4. The molecule has 3 aromatic rings. The highest BCUT2D eigenvalue weighted by Gasteiger charge is 2.47. The number of hydrogen-bond acceptors (Lipinski definition) is 7. The molecule has 3 heterocycles. The van der Waals surface area contributed by atoms with E-state index in [-0.39, 0.29) is 29.8 Å². The van der Waals surface area contributed by atoms with Crippen molar-refractivity contribution >= 4 is 40.4 Å². The van der Waals surface area contributed by atoms with Crippen LogP contribution in [0.5, 0.6) is 5.75 Å². The molecule has 0 aliphatic carbocycles. The summed E-state index contributed by atoms with van der Waals surface area (Å²) in [5.41, 5.74) is 2.70. The second-order valence-electron chi connectivity index (χ2n) is 8.99. The largest absolute Gasteiger partial charge is 0.507 e. The quantitative estimate of drug-likeness (QED) is 0.225. The van der Waals surface area contributed by atoms with Crippen LogP contribution in [0.15, 0.2) is 65.6 Å². The highest BCUT2D eigenvalue weighted by atomic mass is 32.1. The lowest BCUT2D eigenvalue weighted by Gasteiger charge is -2.24. The van der Waals surface area contributed by atoms with Crippen LogP contribution in [-0.2, 0) is 32.0 Å². The number of aliphatic hydroxyl groups is 1. The Morgan fingerprint density at radius 3 is 2.64 bits per heavy atom. The Morgan fingerprint density at radius 2 is 1.94 bits per heavy atom. The zero-order valence-electron chi connectivity index (χ0n) is 19.9. The van der Waals surface area contributed by atoms with Crippen molar-refractivity contribution in [2.24, 2.45) is 0 Å². The van der Waals surface area contributed by atoms with E-state index < -0.39 is 17.7 Å². The lowest BCUT2D eigenvalue weighted by molar-refractivity contribution is -0.146. The molecule has 1 amide bonds. The summed E-state index contributed by atoms with van der Waals surface area (Å²) in [6.45, 7) is 4.15. The number of ether oxygens (including phenoxy) is 2. The Bertz CT molecular complexity index is 1360. The third-order valence-corrected chi connectivity index (χ3v) is 7.07. The third kappa shape index (κ3) is 4.40. The Morgan fingerprint density at radius 1 is 1.17 bits per heavy atom. The third-order valence-electron chi connectivity index (χ3n) is 6.15. The number of amides is 1. The van der Waals surface area contributed by atoms with Crippen LogP contribution in [0.25, 0.3) is 5.76 Å². The van der Waals surface area contributed by atoms with Crippen molar-refractivity contribution in [2.45, 2.75) is 38.8 Å². The maximum atomic E-state index is 13.3. The van der Waals surface area contributed by atoms with Gasteiger partial charge in [0.05, 0.1) is 24.7 Å². The van der Waals surface area contributed by atoms with Gasteiger partial charge in [0.25, 0.3) is 11.7 Å². The first-order valence-corrected chi connectivity index (χ1v) is 12.6. The van der Waals surface area contributed by atoms with Gasteiger partial charge >= 0.3 is 5.97 Å². The van der Waals surface area contributed by atoms with Crippen molar-refractivity contribution in [3.05, 3.63) is 87.1 Å². The smallest absolute Gasteiger partial charge is 0.310 e. The second-order valence-corrected chi connectivity index (χ2v) is 9.97. The Hall–Kier alpha value is -3.91. The lowest BCUT2D eigenvalue weighted by Crippen LogP contribution is -2.29. The molecule has 1 N–H and O–H groups in total. The van der Waals surface area contributed by atoms with Crippen LogP contribution in [0.4, 0.5) is 5.69 Å². The first-order valence-electron chi connectivity index (χ1n) is 11.7. The molecule has 5 rings (SSSR count). The van der Waals surface area contributed by atoms with Gasteiger partial charge in [0.15, 0.2) is 0 Å². The van der Waals surface area contributed by atoms with E-state index >= 15 is 0 Å². The number of Topliss-reactive ketones (excluding diaryl/α,β-unsaturated/α-hetero) is 1. The van der Waals surface area contributed by atoms with E-state index in [9.17, 15) is 19.5 Å². The number of fused-ring (bicyclic) bond motifs is 1. The molecule has 1 fully saturated rings. The van der Waals surface area contributed by atoms with E-state index in [4.69, 9.17) is 9.47 Å². The number of nitrogens with zero attached hydrogens (tertiary/aromatic N) is 1. The molecule has 184 valence electrons. The fourth-order valence-electron chi connectivity index (χ4n) is 4.55. The van der Waals surface area contributed by atoms with Crippen LogP contribution >= 0.6 is 11.3 Å². The number of thiophene rings is 1. The normalized spacial score (nSPS) is 18.4. The minimum Gasteiger partial charge on any atom is -0.507 e. The molecule has 1 aromatic heterocycles. The van der Waals surface area contributed by atoms with Gasteiger partial charge in [-0.25, -0.2) is 0 Å². The molecular formula is C28H25NO6S. The fraction of sp³-hybridized carbons (Fsp3) is 0.250. The summed E-state index contributed by atoms with van der Waals surface area (Å²) in [6, 6.07) is 15.1. The van der Waals surface area contributed by atoms with Crippen molar-refractivity contribution < 1.29 is 29.0 Å². The summed E-state index contributed by atoms with van der Waals surface area (Å²) >= 11 is 1.40. The van der Waals surface area contributed by atoms with E-state index in [0.29, 0.717) is 17.9 Å². The highest BCUT2D eigenvalue weighted by Crippen LogP contribution is 2.44. The first-order chi connectivity index (χ1) is 17.3. The zero-order valence-corrected chi connectivity index (χ0v) is 20.7. The molecule has 0 radical (unpaired) electrons. The number of benzene rings is 2. The number of hydrogen-bond donors (Lipinski definition) is 1. The molecule has 0 saturated carbocycles. The van der Waals surface area contributed by atoms with Gasteiger partial charge in [-0.15, -0.1) is 11.3 Å². The molecule has 8 heteroatoms.